The second kappa shape index (κ2) is 5.49. The molecule has 5 rings (SSSR count). The van der Waals surface area contributed by atoms with Crippen LogP contribution in [0.15, 0.2) is 61.1 Å². The van der Waals surface area contributed by atoms with Gasteiger partial charge in [0.15, 0.2) is 17.1 Å². The van der Waals surface area contributed by atoms with Crippen LogP contribution in [-0.2, 0) is 0 Å². The van der Waals surface area contributed by atoms with Gasteiger partial charge in [0.2, 0.25) is 0 Å². The van der Waals surface area contributed by atoms with Gasteiger partial charge in [0.1, 0.15) is 12.1 Å². The number of aryl methyl sites for hydroxylation is 1. The van der Waals surface area contributed by atoms with Gasteiger partial charge in [0.25, 0.3) is 0 Å². The molecule has 0 saturated carbocycles. The molecule has 1 aromatic carbocycles. The summed E-state index contributed by atoms with van der Waals surface area (Å²) >= 11 is 0. The van der Waals surface area contributed by atoms with E-state index in [1.54, 1.807) is 17.0 Å². The summed E-state index contributed by atoms with van der Waals surface area (Å²) in [5, 5.41) is 5.61. The summed E-state index contributed by atoms with van der Waals surface area (Å²) in [7, 11) is 0. The number of fused-ring (bicyclic) bond motifs is 3. The predicted octanol–water partition coefficient (Wildman–Crippen LogP) is 3.75. The Balaban J connectivity index is 1.83. The fourth-order valence-corrected chi connectivity index (χ4v) is 3.34. The Hall–Kier alpha value is -3.54. The number of nitrogens with zero attached hydrogens (tertiary/aromatic N) is 6. The van der Waals surface area contributed by atoms with Crippen molar-refractivity contribution in [1.82, 2.24) is 29.1 Å². The molecule has 0 bridgehead atoms. The van der Waals surface area contributed by atoms with Crippen molar-refractivity contribution >= 4 is 16.7 Å². The molecule has 0 aliphatic rings. The Morgan fingerprint density at radius 2 is 1.65 bits per heavy atom. The maximum absolute atomic E-state index is 4.80. The van der Waals surface area contributed by atoms with Crippen LogP contribution >= 0.6 is 0 Å². The average Bonchev–Trinajstić information content (AvgIpc) is 3.23. The SMILES string of the molecule is Cc1c(C)n(-c2ccccn2)c2ncn3nc(-c4ccccc4)nc3c12. The van der Waals surface area contributed by atoms with Crippen molar-refractivity contribution in [3.05, 3.63) is 72.3 Å². The van der Waals surface area contributed by atoms with Gasteiger partial charge in [-0.2, -0.15) is 0 Å². The third-order valence-electron chi connectivity index (χ3n) is 4.74. The number of pyridine rings is 1. The minimum atomic E-state index is 0.697. The van der Waals surface area contributed by atoms with Crippen LogP contribution in [0.4, 0.5) is 0 Å². The normalized spacial score (nSPS) is 11.5. The molecule has 5 aromatic rings. The van der Waals surface area contributed by atoms with Crippen LogP contribution in [0, 0.1) is 13.8 Å². The monoisotopic (exact) mass is 340 g/mol. The van der Waals surface area contributed by atoms with E-state index in [2.05, 4.69) is 33.5 Å². The third kappa shape index (κ3) is 2.05. The quantitative estimate of drug-likeness (QED) is 0.491. The highest BCUT2D eigenvalue weighted by Gasteiger charge is 2.19. The minimum Gasteiger partial charge on any atom is -0.282 e. The van der Waals surface area contributed by atoms with E-state index in [0.29, 0.717) is 5.82 Å². The maximum Gasteiger partial charge on any atom is 0.182 e. The first kappa shape index (κ1) is 14.8. The molecule has 0 unspecified atom stereocenters. The zero-order valence-corrected chi connectivity index (χ0v) is 14.5. The standard InChI is InChI=1S/C20H16N6/c1-13-14(2)26(16-10-6-7-11-21-16)19-17(13)20-23-18(24-25(20)12-22-19)15-8-4-3-5-9-15/h3-12H,1-2H3. The Kier molecular flexibility index (Phi) is 3.12. The van der Waals surface area contributed by atoms with Crippen LogP contribution in [0.3, 0.4) is 0 Å². The lowest BCUT2D eigenvalue weighted by Gasteiger charge is -2.05. The third-order valence-corrected chi connectivity index (χ3v) is 4.74. The summed E-state index contributed by atoms with van der Waals surface area (Å²) < 4.78 is 3.82. The van der Waals surface area contributed by atoms with Gasteiger partial charge in [-0.15, -0.1) is 5.10 Å². The zero-order chi connectivity index (χ0) is 17.7. The van der Waals surface area contributed by atoms with E-state index >= 15 is 0 Å². The smallest absolute Gasteiger partial charge is 0.182 e. The van der Waals surface area contributed by atoms with Crippen molar-refractivity contribution in [2.75, 3.05) is 0 Å². The number of benzene rings is 1. The summed E-state index contributed by atoms with van der Waals surface area (Å²) in [4.78, 5) is 13.9. The molecule has 0 N–H and O–H groups in total. The molecule has 6 heteroatoms. The fraction of sp³-hybridized carbons (Fsp3) is 0.100. The van der Waals surface area contributed by atoms with E-state index in [0.717, 1.165) is 39.3 Å². The van der Waals surface area contributed by atoms with Crippen molar-refractivity contribution in [3.63, 3.8) is 0 Å². The number of hydrogen-bond acceptors (Lipinski definition) is 4. The number of hydrogen-bond donors (Lipinski definition) is 0. The van der Waals surface area contributed by atoms with Gasteiger partial charge in [-0.25, -0.2) is 19.5 Å². The average molecular weight is 340 g/mol. The first-order valence-corrected chi connectivity index (χ1v) is 8.44. The molecule has 0 aliphatic carbocycles. The van der Waals surface area contributed by atoms with E-state index < -0.39 is 0 Å². The molecular formula is C20H16N6. The first-order chi connectivity index (χ1) is 12.7. The summed E-state index contributed by atoms with van der Waals surface area (Å²) in [6, 6.07) is 15.9. The fourth-order valence-electron chi connectivity index (χ4n) is 3.34. The zero-order valence-electron chi connectivity index (χ0n) is 14.5. The maximum atomic E-state index is 4.80. The van der Waals surface area contributed by atoms with Crippen molar-refractivity contribution in [3.8, 4) is 17.2 Å². The molecule has 6 nitrogen and oxygen atoms in total. The van der Waals surface area contributed by atoms with Crippen LogP contribution in [0.1, 0.15) is 11.3 Å². The van der Waals surface area contributed by atoms with Crippen LogP contribution < -0.4 is 0 Å². The number of rotatable bonds is 2. The van der Waals surface area contributed by atoms with Crippen molar-refractivity contribution in [2.45, 2.75) is 13.8 Å². The van der Waals surface area contributed by atoms with Crippen molar-refractivity contribution < 1.29 is 0 Å². The minimum absolute atomic E-state index is 0.697. The molecule has 0 saturated heterocycles. The van der Waals surface area contributed by atoms with Crippen molar-refractivity contribution in [1.29, 1.82) is 0 Å². The summed E-state index contributed by atoms with van der Waals surface area (Å²) in [5.41, 5.74) is 4.88. The molecule has 126 valence electrons. The van der Waals surface area contributed by atoms with Gasteiger partial charge in [0, 0.05) is 17.5 Å². The van der Waals surface area contributed by atoms with Gasteiger partial charge in [-0.1, -0.05) is 36.4 Å². The highest BCUT2D eigenvalue weighted by Crippen LogP contribution is 2.29. The van der Waals surface area contributed by atoms with Crippen molar-refractivity contribution in [2.24, 2.45) is 0 Å². The summed E-state index contributed by atoms with van der Waals surface area (Å²) in [5.74, 6) is 1.55. The molecule has 0 fully saturated rings. The van der Waals surface area contributed by atoms with E-state index in [4.69, 9.17) is 4.98 Å². The highest BCUT2D eigenvalue weighted by atomic mass is 15.3. The molecular weight excluding hydrogens is 324 g/mol. The largest absolute Gasteiger partial charge is 0.282 e. The van der Waals surface area contributed by atoms with Crippen LogP contribution in [0.2, 0.25) is 0 Å². The Morgan fingerprint density at radius 1 is 0.846 bits per heavy atom. The van der Waals surface area contributed by atoms with E-state index in [1.807, 2.05) is 48.5 Å². The van der Waals surface area contributed by atoms with Crippen LogP contribution in [-0.4, -0.2) is 29.1 Å². The molecule has 0 aliphatic heterocycles. The van der Waals surface area contributed by atoms with E-state index in [9.17, 15) is 0 Å². The second-order valence-electron chi connectivity index (χ2n) is 6.25. The number of aromatic nitrogens is 6. The molecule has 4 heterocycles. The van der Waals surface area contributed by atoms with Gasteiger partial charge in [0.05, 0.1) is 5.39 Å². The lowest BCUT2D eigenvalue weighted by Crippen LogP contribution is -2.01. The van der Waals surface area contributed by atoms with Gasteiger partial charge >= 0.3 is 0 Å². The summed E-state index contributed by atoms with van der Waals surface area (Å²) in [6.45, 7) is 4.17. The lowest BCUT2D eigenvalue weighted by molar-refractivity contribution is 0.919. The van der Waals surface area contributed by atoms with E-state index in [-0.39, 0.29) is 0 Å². The highest BCUT2D eigenvalue weighted by molar-refractivity contribution is 5.95. The van der Waals surface area contributed by atoms with Gasteiger partial charge in [-0.05, 0) is 31.5 Å². The second-order valence-corrected chi connectivity index (χ2v) is 6.25. The first-order valence-electron chi connectivity index (χ1n) is 8.44. The van der Waals surface area contributed by atoms with Crippen LogP contribution in [0.5, 0.6) is 0 Å². The predicted molar refractivity (Wildman–Crippen MR) is 100 cm³/mol. The van der Waals surface area contributed by atoms with Gasteiger partial charge in [-0.3, -0.25) is 4.57 Å². The molecule has 0 atom stereocenters. The topological polar surface area (TPSA) is 60.9 Å². The van der Waals surface area contributed by atoms with Gasteiger partial charge < -0.3 is 0 Å². The Bertz CT molecular complexity index is 1240. The molecule has 26 heavy (non-hydrogen) atoms. The molecule has 0 spiro atoms. The lowest BCUT2D eigenvalue weighted by atomic mass is 10.2. The van der Waals surface area contributed by atoms with E-state index in [1.165, 1.54) is 0 Å². The summed E-state index contributed by atoms with van der Waals surface area (Å²) in [6.07, 6.45) is 3.51. The van der Waals surface area contributed by atoms with Crippen LogP contribution in [0.25, 0.3) is 33.9 Å². The Labute approximate surface area is 149 Å². The molecule has 0 amide bonds. The Morgan fingerprint density at radius 3 is 2.42 bits per heavy atom. The molecule has 0 radical (unpaired) electrons. The molecule has 4 aromatic heterocycles.